The van der Waals surface area contributed by atoms with E-state index in [1.807, 2.05) is 31.2 Å². The molecule has 6 heteroatoms. The molecule has 0 amide bonds. The predicted octanol–water partition coefficient (Wildman–Crippen LogP) is 3.36. The normalized spacial score (nSPS) is 10.5. The van der Waals surface area contributed by atoms with Crippen LogP contribution in [0.4, 0.5) is 5.82 Å². The monoisotopic (exact) mass is 309 g/mol. The van der Waals surface area contributed by atoms with E-state index >= 15 is 0 Å². The molecule has 0 spiro atoms. The summed E-state index contributed by atoms with van der Waals surface area (Å²) in [6.07, 6.45) is 2.88. The van der Waals surface area contributed by atoms with Crippen LogP contribution in [-0.4, -0.2) is 21.0 Å². The van der Waals surface area contributed by atoms with Gasteiger partial charge in [-0.2, -0.15) is 0 Å². The maximum atomic E-state index is 11.3. The van der Waals surface area contributed by atoms with Crippen molar-refractivity contribution in [1.29, 1.82) is 0 Å². The summed E-state index contributed by atoms with van der Waals surface area (Å²) in [4.78, 5) is 19.9. The zero-order valence-electron chi connectivity index (χ0n) is 12.5. The molecule has 0 radical (unpaired) electrons. The molecule has 2 N–H and O–H groups in total. The topological polar surface area (TPSA) is 88.2 Å². The second kappa shape index (κ2) is 6.31. The quantitative estimate of drug-likeness (QED) is 0.751. The van der Waals surface area contributed by atoms with Crippen molar-refractivity contribution in [2.24, 2.45) is 0 Å². The lowest BCUT2D eigenvalue weighted by molar-refractivity contribution is 0.0697. The summed E-state index contributed by atoms with van der Waals surface area (Å²) in [7, 11) is 0. The van der Waals surface area contributed by atoms with Crippen LogP contribution in [0.5, 0.6) is 0 Å². The van der Waals surface area contributed by atoms with Gasteiger partial charge in [-0.05, 0) is 25.1 Å². The lowest BCUT2D eigenvalue weighted by Crippen LogP contribution is -2.10. The number of anilines is 1. The molecule has 0 aliphatic carbocycles. The smallest absolute Gasteiger partial charge is 0.341 e. The maximum Gasteiger partial charge on any atom is 0.341 e. The number of rotatable bonds is 5. The lowest BCUT2D eigenvalue weighted by atomic mass is 10.1. The highest BCUT2D eigenvalue weighted by Gasteiger charge is 2.14. The predicted molar refractivity (Wildman–Crippen MR) is 85.2 cm³/mol. The molecule has 0 atom stereocenters. The summed E-state index contributed by atoms with van der Waals surface area (Å²) in [5.41, 5.74) is 1.94. The number of hydrogen-bond donors (Lipinski definition) is 2. The Kier molecular flexibility index (Phi) is 4.05. The molecule has 0 saturated heterocycles. The number of aromatic carboxylic acids is 1. The minimum Gasteiger partial charge on any atom is -0.477 e. The molecule has 0 fully saturated rings. The molecule has 23 heavy (non-hydrogen) atoms. The van der Waals surface area contributed by atoms with Crippen LogP contribution in [-0.2, 0) is 6.54 Å². The average Bonchev–Trinajstić information content (AvgIpc) is 3.06. The Hall–Kier alpha value is -3.15. The molecular formula is C17H15N3O3. The first-order chi connectivity index (χ1) is 11.1. The third kappa shape index (κ3) is 3.37. The Morgan fingerprint density at radius 1 is 1.30 bits per heavy atom. The maximum absolute atomic E-state index is 11.3. The van der Waals surface area contributed by atoms with Gasteiger partial charge in [0, 0.05) is 11.8 Å². The van der Waals surface area contributed by atoms with E-state index in [0.717, 1.165) is 11.1 Å². The fourth-order valence-corrected chi connectivity index (χ4v) is 2.18. The Bertz CT molecular complexity index is 829. The highest BCUT2D eigenvalue weighted by atomic mass is 16.4. The van der Waals surface area contributed by atoms with Gasteiger partial charge in [0.1, 0.15) is 17.1 Å². The van der Waals surface area contributed by atoms with Gasteiger partial charge in [-0.15, -0.1) is 0 Å². The van der Waals surface area contributed by atoms with Crippen LogP contribution in [0.25, 0.3) is 11.4 Å². The number of carboxylic acids is 1. The van der Waals surface area contributed by atoms with E-state index in [1.165, 1.54) is 6.20 Å². The first kappa shape index (κ1) is 14.8. The minimum atomic E-state index is -1.08. The van der Waals surface area contributed by atoms with Gasteiger partial charge in [-0.25, -0.2) is 14.8 Å². The van der Waals surface area contributed by atoms with Crippen molar-refractivity contribution < 1.29 is 14.3 Å². The van der Waals surface area contributed by atoms with Gasteiger partial charge < -0.3 is 14.8 Å². The van der Waals surface area contributed by atoms with E-state index in [1.54, 1.807) is 18.4 Å². The molecule has 0 unspecified atom stereocenters. The number of aromatic nitrogens is 2. The van der Waals surface area contributed by atoms with Crippen LogP contribution in [0.3, 0.4) is 0 Å². The van der Waals surface area contributed by atoms with Crippen LogP contribution in [0, 0.1) is 6.92 Å². The van der Waals surface area contributed by atoms with Crippen molar-refractivity contribution in [2.75, 3.05) is 5.32 Å². The number of benzene rings is 1. The van der Waals surface area contributed by atoms with Crippen molar-refractivity contribution in [3.05, 3.63) is 65.7 Å². The van der Waals surface area contributed by atoms with Crippen molar-refractivity contribution >= 4 is 11.8 Å². The molecule has 116 valence electrons. The number of furan rings is 1. The van der Waals surface area contributed by atoms with Crippen molar-refractivity contribution in [2.45, 2.75) is 13.5 Å². The molecule has 1 aromatic carbocycles. The minimum absolute atomic E-state index is 0.0213. The highest BCUT2D eigenvalue weighted by molar-refractivity contribution is 5.93. The zero-order valence-corrected chi connectivity index (χ0v) is 12.5. The third-order valence-electron chi connectivity index (χ3n) is 3.31. The largest absolute Gasteiger partial charge is 0.477 e. The summed E-state index contributed by atoms with van der Waals surface area (Å²) in [5, 5.41) is 12.3. The van der Waals surface area contributed by atoms with Crippen LogP contribution < -0.4 is 5.32 Å². The summed E-state index contributed by atoms with van der Waals surface area (Å²) < 4.78 is 5.23. The average molecular weight is 309 g/mol. The highest BCUT2D eigenvalue weighted by Crippen LogP contribution is 2.21. The van der Waals surface area contributed by atoms with Crippen molar-refractivity contribution in [3.8, 4) is 11.4 Å². The Balaban J connectivity index is 1.94. The van der Waals surface area contributed by atoms with E-state index in [9.17, 15) is 9.90 Å². The first-order valence-electron chi connectivity index (χ1n) is 7.07. The van der Waals surface area contributed by atoms with Gasteiger partial charge in [0.2, 0.25) is 0 Å². The number of aryl methyl sites for hydroxylation is 1. The number of hydrogen-bond acceptors (Lipinski definition) is 5. The molecule has 3 rings (SSSR count). The molecule has 2 heterocycles. The van der Waals surface area contributed by atoms with Gasteiger partial charge >= 0.3 is 5.97 Å². The molecule has 3 aromatic rings. The SMILES string of the molecule is Cc1cccc(-c2ncc(C(=O)O)c(NCc3ccco3)n2)c1. The second-order valence-electron chi connectivity index (χ2n) is 5.06. The van der Waals surface area contributed by atoms with E-state index in [-0.39, 0.29) is 11.4 Å². The summed E-state index contributed by atoms with van der Waals surface area (Å²) in [6, 6.07) is 11.3. The fraction of sp³-hybridized carbons (Fsp3) is 0.118. The summed E-state index contributed by atoms with van der Waals surface area (Å²) >= 11 is 0. The van der Waals surface area contributed by atoms with Crippen LogP contribution >= 0.6 is 0 Å². The van der Waals surface area contributed by atoms with Gasteiger partial charge in [0.05, 0.1) is 12.8 Å². The van der Waals surface area contributed by atoms with Crippen molar-refractivity contribution in [3.63, 3.8) is 0 Å². The zero-order chi connectivity index (χ0) is 16.2. The Labute approximate surface area is 132 Å². The number of carboxylic acid groups (broad SMARTS) is 1. The van der Waals surface area contributed by atoms with Gasteiger partial charge in [0.25, 0.3) is 0 Å². The third-order valence-corrected chi connectivity index (χ3v) is 3.31. The van der Waals surface area contributed by atoms with E-state index in [0.29, 0.717) is 18.1 Å². The van der Waals surface area contributed by atoms with E-state index < -0.39 is 5.97 Å². The van der Waals surface area contributed by atoms with Crippen molar-refractivity contribution in [1.82, 2.24) is 9.97 Å². The van der Waals surface area contributed by atoms with Gasteiger partial charge in [-0.1, -0.05) is 23.8 Å². The second-order valence-corrected chi connectivity index (χ2v) is 5.06. The first-order valence-corrected chi connectivity index (χ1v) is 7.07. The number of carbonyl (C=O) groups is 1. The molecular weight excluding hydrogens is 294 g/mol. The lowest BCUT2D eigenvalue weighted by Gasteiger charge is -2.09. The molecule has 0 aliphatic rings. The van der Waals surface area contributed by atoms with E-state index in [2.05, 4.69) is 15.3 Å². The van der Waals surface area contributed by atoms with Gasteiger partial charge in [0.15, 0.2) is 5.82 Å². The van der Waals surface area contributed by atoms with Crippen LogP contribution in [0.2, 0.25) is 0 Å². The number of nitrogens with one attached hydrogen (secondary N) is 1. The van der Waals surface area contributed by atoms with Crippen LogP contribution in [0.15, 0.2) is 53.3 Å². The molecule has 0 saturated carbocycles. The Morgan fingerprint density at radius 3 is 2.87 bits per heavy atom. The van der Waals surface area contributed by atoms with Gasteiger partial charge in [-0.3, -0.25) is 0 Å². The molecule has 6 nitrogen and oxygen atoms in total. The molecule has 0 bridgehead atoms. The summed E-state index contributed by atoms with van der Waals surface area (Å²) in [6.45, 7) is 2.32. The number of nitrogens with zero attached hydrogens (tertiary/aromatic N) is 2. The fourth-order valence-electron chi connectivity index (χ4n) is 2.18. The Morgan fingerprint density at radius 2 is 2.17 bits per heavy atom. The summed E-state index contributed by atoms with van der Waals surface area (Å²) in [5.74, 6) is 0.348. The molecule has 2 aromatic heterocycles. The standard InChI is InChI=1S/C17H15N3O3/c1-11-4-2-5-12(8-11)15-19-10-14(17(21)22)16(20-15)18-9-13-6-3-7-23-13/h2-8,10H,9H2,1H3,(H,21,22)(H,18,19,20). The molecule has 0 aliphatic heterocycles. The van der Waals surface area contributed by atoms with E-state index in [4.69, 9.17) is 4.42 Å². The van der Waals surface area contributed by atoms with Crippen LogP contribution in [0.1, 0.15) is 21.7 Å².